The zero-order valence-corrected chi connectivity index (χ0v) is 19.6. The molecule has 0 spiro atoms. The highest BCUT2D eigenvalue weighted by atomic mass is 16.5. The summed E-state index contributed by atoms with van der Waals surface area (Å²) in [5, 5.41) is 14.5. The third-order valence-electron chi connectivity index (χ3n) is 6.59. The molecule has 2 aliphatic rings. The number of alkyl carbamates (subject to hydrolysis) is 1. The predicted molar refractivity (Wildman–Crippen MR) is 127 cm³/mol. The van der Waals surface area contributed by atoms with Crippen LogP contribution in [-0.2, 0) is 23.8 Å². The zero-order valence-electron chi connectivity index (χ0n) is 19.6. The number of aliphatic carboxylic acids is 1. The van der Waals surface area contributed by atoms with E-state index in [0.29, 0.717) is 13.0 Å². The van der Waals surface area contributed by atoms with Crippen molar-refractivity contribution < 1.29 is 33.7 Å². The first-order valence-corrected chi connectivity index (χ1v) is 11.7. The molecular formula is C26H30N2O7. The van der Waals surface area contributed by atoms with Gasteiger partial charge in [0.05, 0.1) is 0 Å². The number of carboxylic acids is 1. The highest BCUT2D eigenvalue weighted by Crippen LogP contribution is 2.44. The smallest absolute Gasteiger partial charge is 0.407 e. The van der Waals surface area contributed by atoms with Crippen molar-refractivity contribution in [1.29, 1.82) is 0 Å². The number of nitrogens with one attached hydrogen (secondary N) is 2. The second-order valence-corrected chi connectivity index (χ2v) is 8.69. The summed E-state index contributed by atoms with van der Waals surface area (Å²) in [6.07, 6.45) is -1.47. The quantitative estimate of drug-likeness (QED) is 0.476. The van der Waals surface area contributed by atoms with Gasteiger partial charge in [0, 0.05) is 45.1 Å². The van der Waals surface area contributed by atoms with Gasteiger partial charge in [0.15, 0.2) is 6.10 Å². The SMILES string of the molecule is COC(CCNC(=O)[C@@H]1OCC[C@@H]1CNC(=O)OCC1c2ccccc2-c2ccccc21)C(=O)O. The number of methoxy groups -OCH3 is 1. The Morgan fingerprint density at radius 1 is 1.06 bits per heavy atom. The summed E-state index contributed by atoms with van der Waals surface area (Å²) in [4.78, 5) is 36.0. The molecule has 1 saturated heterocycles. The number of hydrogen-bond donors (Lipinski definition) is 3. The maximum atomic E-state index is 12.5. The van der Waals surface area contributed by atoms with E-state index in [1.165, 1.54) is 7.11 Å². The van der Waals surface area contributed by atoms with E-state index in [1.54, 1.807) is 0 Å². The van der Waals surface area contributed by atoms with Crippen molar-refractivity contribution in [2.24, 2.45) is 5.92 Å². The van der Waals surface area contributed by atoms with Crippen LogP contribution in [0.3, 0.4) is 0 Å². The van der Waals surface area contributed by atoms with Gasteiger partial charge >= 0.3 is 12.1 Å². The number of rotatable bonds is 10. The van der Waals surface area contributed by atoms with Gasteiger partial charge in [0.1, 0.15) is 12.7 Å². The van der Waals surface area contributed by atoms with Crippen LogP contribution in [0, 0.1) is 5.92 Å². The molecule has 3 atom stereocenters. The number of carbonyl (C=O) groups excluding carboxylic acids is 2. The van der Waals surface area contributed by atoms with Crippen molar-refractivity contribution in [3.63, 3.8) is 0 Å². The number of benzene rings is 2. The molecule has 0 radical (unpaired) electrons. The highest BCUT2D eigenvalue weighted by Gasteiger charge is 2.35. The molecule has 0 bridgehead atoms. The molecule has 1 heterocycles. The number of amides is 2. The van der Waals surface area contributed by atoms with Crippen molar-refractivity contribution in [1.82, 2.24) is 10.6 Å². The summed E-state index contributed by atoms with van der Waals surface area (Å²) in [5.74, 6) is -1.64. The van der Waals surface area contributed by atoms with Crippen LogP contribution in [0.1, 0.15) is 29.9 Å². The largest absolute Gasteiger partial charge is 0.479 e. The van der Waals surface area contributed by atoms with Crippen LogP contribution in [0.2, 0.25) is 0 Å². The third-order valence-corrected chi connectivity index (χ3v) is 6.59. The van der Waals surface area contributed by atoms with Gasteiger partial charge in [-0.25, -0.2) is 9.59 Å². The summed E-state index contributed by atoms with van der Waals surface area (Å²) in [5.41, 5.74) is 4.60. The minimum absolute atomic E-state index is 0.0248. The first-order chi connectivity index (χ1) is 17.0. The van der Waals surface area contributed by atoms with E-state index in [4.69, 9.17) is 19.3 Å². The normalized spacial score (nSPS) is 19.5. The Hall–Kier alpha value is -3.43. The van der Waals surface area contributed by atoms with Crippen molar-refractivity contribution in [2.45, 2.75) is 31.0 Å². The van der Waals surface area contributed by atoms with E-state index in [-0.39, 0.29) is 43.9 Å². The second-order valence-electron chi connectivity index (χ2n) is 8.69. The summed E-state index contributed by atoms with van der Waals surface area (Å²) < 4.78 is 16.0. The van der Waals surface area contributed by atoms with Crippen molar-refractivity contribution in [2.75, 3.05) is 33.4 Å². The van der Waals surface area contributed by atoms with Gasteiger partial charge in [-0.3, -0.25) is 4.79 Å². The summed E-state index contributed by atoms with van der Waals surface area (Å²) in [6, 6.07) is 16.3. The minimum Gasteiger partial charge on any atom is -0.479 e. The predicted octanol–water partition coefficient (Wildman–Crippen LogP) is 2.54. The monoisotopic (exact) mass is 482 g/mol. The average molecular weight is 483 g/mol. The van der Waals surface area contributed by atoms with Gasteiger partial charge in [0.25, 0.3) is 0 Å². The Morgan fingerprint density at radius 2 is 1.71 bits per heavy atom. The molecule has 0 aromatic heterocycles. The molecule has 3 N–H and O–H groups in total. The van der Waals surface area contributed by atoms with Crippen molar-refractivity contribution in [3.05, 3.63) is 59.7 Å². The lowest BCUT2D eigenvalue weighted by Crippen LogP contribution is -2.43. The Bertz CT molecular complexity index is 1030. The van der Waals surface area contributed by atoms with Crippen LogP contribution < -0.4 is 10.6 Å². The third kappa shape index (κ3) is 5.63. The first-order valence-electron chi connectivity index (χ1n) is 11.7. The Kier molecular flexibility index (Phi) is 7.99. The summed E-state index contributed by atoms with van der Waals surface area (Å²) in [7, 11) is 1.31. The molecule has 2 aromatic carbocycles. The van der Waals surface area contributed by atoms with E-state index in [9.17, 15) is 14.4 Å². The van der Waals surface area contributed by atoms with Crippen LogP contribution in [0.5, 0.6) is 0 Å². The molecular weight excluding hydrogens is 452 g/mol. The molecule has 1 unspecified atom stereocenters. The van der Waals surface area contributed by atoms with Crippen LogP contribution in [0.25, 0.3) is 11.1 Å². The molecule has 1 fully saturated rings. The van der Waals surface area contributed by atoms with Crippen molar-refractivity contribution >= 4 is 18.0 Å². The van der Waals surface area contributed by atoms with Gasteiger partial charge in [-0.05, 0) is 28.7 Å². The summed E-state index contributed by atoms with van der Waals surface area (Å²) >= 11 is 0. The first kappa shape index (κ1) is 24.7. The van der Waals surface area contributed by atoms with Gasteiger partial charge in [-0.2, -0.15) is 0 Å². The highest BCUT2D eigenvalue weighted by molar-refractivity contribution is 5.82. The average Bonchev–Trinajstić information content (AvgIpc) is 3.46. The molecule has 35 heavy (non-hydrogen) atoms. The van der Waals surface area contributed by atoms with Gasteiger partial charge in [-0.1, -0.05) is 48.5 Å². The molecule has 9 heteroatoms. The van der Waals surface area contributed by atoms with E-state index >= 15 is 0 Å². The summed E-state index contributed by atoms with van der Waals surface area (Å²) in [6.45, 7) is 1.01. The number of carbonyl (C=O) groups is 3. The van der Waals surface area contributed by atoms with Gasteiger partial charge in [-0.15, -0.1) is 0 Å². The number of fused-ring (bicyclic) bond motifs is 3. The molecule has 1 aliphatic heterocycles. The number of hydrogen-bond acceptors (Lipinski definition) is 6. The Labute approximate surface area is 203 Å². The molecule has 2 aromatic rings. The topological polar surface area (TPSA) is 123 Å². The van der Waals surface area contributed by atoms with Crippen LogP contribution in [0.15, 0.2) is 48.5 Å². The van der Waals surface area contributed by atoms with E-state index in [0.717, 1.165) is 22.3 Å². The number of ether oxygens (including phenoxy) is 3. The second kappa shape index (κ2) is 11.3. The molecule has 4 rings (SSSR count). The lowest BCUT2D eigenvalue weighted by molar-refractivity contribution is -0.149. The van der Waals surface area contributed by atoms with E-state index < -0.39 is 24.3 Å². The van der Waals surface area contributed by atoms with Gasteiger partial charge < -0.3 is 30.0 Å². The van der Waals surface area contributed by atoms with Crippen molar-refractivity contribution in [3.8, 4) is 11.1 Å². The fourth-order valence-corrected chi connectivity index (χ4v) is 4.77. The fraction of sp³-hybridized carbons (Fsp3) is 0.423. The molecule has 0 saturated carbocycles. The number of carboxylic acid groups (broad SMARTS) is 1. The molecule has 2 amide bonds. The lowest BCUT2D eigenvalue weighted by Gasteiger charge is -2.19. The van der Waals surface area contributed by atoms with Crippen LogP contribution in [0.4, 0.5) is 4.79 Å². The molecule has 9 nitrogen and oxygen atoms in total. The standard InChI is InChI=1S/C26H30N2O7/c1-33-22(25(30)31)10-12-27-24(29)23-16(11-13-34-23)14-28-26(32)35-15-21-19-8-4-2-6-17(19)18-7-3-5-9-20(18)21/h2-9,16,21-23H,10-15H2,1H3,(H,27,29)(H,28,32)(H,30,31)/t16-,22?,23-/m1/s1. The Balaban J connectivity index is 1.25. The van der Waals surface area contributed by atoms with E-state index in [2.05, 4.69) is 34.9 Å². The maximum Gasteiger partial charge on any atom is 0.407 e. The van der Waals surface area contributed by atoms with Crippen LogP contribution in [-0.4, -0.2) is 68.7 Å². The lowest BCUT2D eigenvalue weighted by atomic mass is 9.98. The minimum atomic E-state index is -1.08. The zero-order chi connectivity index (χ0) is 24.8. The van der Waals surface area contributed by atoms with E-state index in [1.807, 2.05) is 24.3 Å². The van der Waals surface area contributed by atoms with Gasteiger partial charge in [0.2, 0.25) is 5.91 Å². The maximum absolute atomic E-state index is 12.5. The Morgan fingerprint density at radius 3 is 2.34 bits per heavy atom. The van der Waals surface area contributed by atoms with Crippen LogP contribution >= 0.6 is 0 Å². The molecule has 186 valence electrons. The fourth-order valence-electron chi connectivity index (χ4n) is 4.77. The molecule has 1 aliphatic carbocycles.